The van der Waals surface area contributed by atoms with Crippen LogP contribution in [0.15, 0.2) is 39.4 Å². The summed E-state index contributed by atoms with van der Waals surface area (Å²) in [7, 11) is 0. The van der Waals surface area contributed by atoms with Gasteiger partial charge in [0.05, 0.1) is 10.7 Å². The number of rotatable bonds is 1. The predicted molar refractivity (Wildman–Crippen MR) is 64.0 cm³/mol. The van der Waals surface area contributed by atoms with Crippen LogP contribution in [0, 0.1) is 0 Å². The van der Waals surface area contributed by atoms with E-state index in [0.29, 0.717) is 0 Å². The van der Waals surface area contributed by atoms with Crippen LogP contribution in [-0.4, -0.2) is 6.54 Å². The number of halogens is 1. The van der Waals surface area contributed by atoms with Crippen molar-refractivity contribution in [1.29, 1.82) is 0 Å². The minimum Gasteiger partial charge on any atom is -0.463 e. The molecule has 15 heavy (non-hydrogen) atoms. The van der Waals surface area contributed by atoms with Gasteiger partial charge >= 0.3 is 0 Å². The van der Waals surface area contributed by atoms with Gasteiger partial charge in [-0.3, -0.25) is 0 Å². The largest absolute Gasteiger partial charge is 0.463 e. The molecule has 2 aromatic rings. The maximum absolute atomic E-state index is 5.44. The molecule has 2 heterocycles. The minimum atomic E-state index is 0.895. The zero-order valence-corrected chi connectivity index (χ0v) is 9.67. The molecule has 0 bridgehead atoms. The lowest BCUT2D eigenvalue weighted by molar-refractivity contribution is 0.581. The monoisotopic (exact) mass is 263 g/mol. The zero-order chi connectivity index (χ0) is 10.3. The first-order valence-electron chi connectivity index (χ1n) is 4.95. The predicted octanol–water partition coefficient (Wildman–Crippen LogP) is 3.68. The van der Waals surface area contributed by atoms with Gasteiger partial charge in [-0.05, 0) is 40.0 Å². The van der Waals surface area contributed by atoms with Crippen molar-refractivity contribution in [2.24, 2.45) is 0 Å². The fourth-order valence-corrected chi connectivity index (χ4v) is 2.36. The van der Waals surface area contributed by atoms with Gasteiger partial charge in [-0.1, -0.05) is 12.1 Å². The van der Waals surface area contributed by atoms with Crippen molar-refractivity contribution in [3.05, 3.63) is 40.6 Å². The van der Waals surface area contributed by atoms with Crippen LogP contribution >= 0.6 is 15.9 Å². The Kier molecular flexibility index (Phi) is 2.06. The Morgan fingerprint density at radius 1 is 1.27 bits per heavy atom. The van der Waals surface area contributed by atoms with Crippen LogP contribution in [0.5, 0.6) is 0 Å². The molecule has 0 unspecified atom stereocenters. The Balaban J connectivity index is 2.11. The second-order valence-electron chi connectivity index (χ2n) is 3.65. The van der Waals surface area contributed by atoms with Crippen LogP contribution in [0.25, 0.3) is 11.3 Å². The van der Waals surface area contributed by atoms with Crippen LogP contribution in [0.3, 0.4) is 0 Å². The highest BCUT2D eigenvalue weighted by molar-refractivity contribution is 9.10. The summed E-state index contributed by atoms with van der Waals surface area (Å²) in [6.45, 7) is 1.04. The highest BCUT2D eigenvalue weighted by Crippen LogP contribution is 2.33. The maximum atomic E-state index is 5.44. The molecule has 0 fully saturated rings. The van der Waals surface area contributed by atoms with Crippen LogP contribution < -0.4 is 5.32 Å². The molecule has 0 radical (unpaired) electrons. The van der Waals surface area contributed by atoms with E-state index < -0.39 is 0 Å². The molecule has 1 aromatic carbocycles. The normalized spacial score (nSPS) is 13.7. The molecule has 1 aromatic heterocycles. The number of nitrogens with one attached hydrogen (secondary N) is 1. The summed E-state index contributed by atoms with van der Waals surface area (Å²) >= 11 is 3.47. The smallest absolute Gasteiger partial charge is 0.148 e. The molecule has 1 aliphatic rings. The van der Waals surface area contributed by atoms with E-state index in [0.717, 1.165) is 28.8 Å². The van der Waals surface area contributed by atoms with E-state index in [1.165, 1.54) is 11.3 Å². The highest BCUT2D eigenvalue weighted by Gasteiger charge is 2.13. The Hall–Kier alpha value is -1.22. The molecule has 3 heteroatoms. The van der Waals surface area contributed by atoms with Crippen molar-refractivity contribution >= 4 is 21.6 Å². The van der Waals surface area contributed by atoms with Gasteiger partial charge < -0.3 is 9.73 Å². The maximum Gasteiger partial charge on any atom is 0.148 e. The Bertz CT molecular complexity index is 504. The number of hydrogen-bond acceptors (Lipinski definition) is 2. The summed E-state index contributed by atoms with van der Waals surface area (Å²) in [5, 5.41) is 3.36. The SMILES string of the molecule is Brc1ccoc1-c1ccc2c(c1)NCC2. The second-order valence-corrected chi connectivity index (χ2v) is 4.50. The van der Waals surface area contributed by atoms with E-state index in [1.807, 2.05) is 6.07 Å². The minimum absolute atomic E-state index is 0.895. The van der Waals surface area contributed by atoms with Crippen LogP contribution in [-0.2, 0) is 6.42 Å². The van der Waals surface area contributed by atoms with Gasteiger partial charge in [-0.25, -0.2) is 0 Å². The van der Waals surface area contributed by atoms with Crippen LogP contribution in [0.1, 0.15) is 5.56 Å². The summed E-state index contributed by atoms with van der Waals surface area (Å²) in [4.78, 5) is 0. The first-order valence-corrected chi connectivity index (χ1v) is 5.74. The molecular weight excluding hydrogens is 254 g/mol. The van der Waals surface area contributed by atoms with Gasteiger partial charge in [0, 0.05) is 17.8 Å². The highest BCUT2D eigenvalue weighted by atomic mass is 79.9. The number of anilines is 1. The summed E-state index contributed by atoms with van der Waals surface area (Å²) < 4.78 is 6.44. The van der Waals surface area contributed by atoms with Crippen molar-refractivity contribution in [2.75, 3.05) is 11.9 Å². The second kappa shape index (κ2) is 3.42. The molecule has 3 rings (SSSR count). The van der Waals surface area contributed by atoms with E-state index in [-0.39, 0.29) is 0 Å². The molecule has 0 amide bonds. The topological polar surface area (TPSA) is 25.2 Å². The average molecular weight is 264 g/mol. The van der Waals surface area contributed by atoms with Gasteiger partial charge in [0.1, 0.15) is 5.76 Å². The molecule has 1 N–H and O–H groups in total. The van der Waals surface area contributed by atoms with Gasteiger partial charge in [0.25, 0.3) is 0 Å². The van der Waals surface area contributed by atoms with Crippen molar-refractivity contribution in [1.82, 2.24) is 0 Å². The molecule has 0 atom stereocenters. The molecule has 76 valence electrons. The summed E-state index contributed by atoms with van der Waals surface area (Å²) in [6.07, 6.45) is 2.81. The molecule has 0 spiro atoms. The van der Waals surface area contributed by atoms with Gasteiger partial charge in [0.15, 0.2) is 0 Å². The third-order valence-electron chi connectivity index (χ3n) is 2.70. The van der Waals surface area contributed by atoms with Crippen molar-refractivity contribution in [3.63, 3.8) is 0 Å². The van der Waals surface area contributed by atoms with Crippen LogP contribution in [0.4, 0.5) is 5.69 Å². The van der Waals surface area contributed by atoms with E-state index in [1.54, 1.807) is 6.26 Å². The number of hydrogen-bond donors (Lipinski definition) is 1. The molecule has 1 aliphatic heterocycles. The fraction of sp³-hybridized carbons (Fsp3) is 0.167. The molecule has 0 aliphatic carbocycles. The molecule has 0 saturated carbocycles. The Labute approximate surface area is 96.4 Å². The molecule has 2 nitrogen and oxygen atoms in total. The average Bonchev–Trinajstić information content (AvgIpc) is 2.84. The van der Waals surface area contributed by atoms with Crippen molar-refractivity contribution in [2.45, 2.75) is 6.42 Å². The van der Waals surface area contributed by atoms with E-state index >= 15 is 0 Å². The van der Waals surface area contributed by atoms with Crippen molar-refractivity contribution in [3.8, 4) is 11.3 Å². The zero-order valence-electron chi connectivity index (χ0n) is 8.09. The number of furan rings is 1. The van der Waals surface area contributed by atoms with E-state index in [9.17, 15) is 0 Å². The lowest BCUT2D eigenvalue weighted by Crippen LogP contribution is -1.90. The number of fused-ring (bicyclic) bond motifs is 1. The standard InChI is InChI=1S/C12H10BrNO/c13-10-4-6-15-12(10)9-2-1-8-3-5-14-11(8)7-9/h1-2,4,6-7,14H,3,5H2. The van der Waals surface area contributed by atoms with Crippen LogP contribution in [0.2, 0.25) is 0 Å². The van der Waals surface area contributed by atoms with Gasteiger partial charge in [-0.15, -0.1) is 0 Å². The van der Waals surface area contributed by atoms with Crippen molar-refractivity contribution < 1.29 is 4.42 Å². The first-order chi connectivity index (χ1) is 7.34. The Morgan fingerprint density at radius 2 is 2.20 bits per heavy atom. The summed E-state index contributed by atoms with van der Waals surface area (Å²) in [6, 6.07) is 8.33. The van der Waals surface area contributed by atoms with E-state index in [4.69, 9.17) is 4.42 Å². The van der Waals surface area contributed by atoms with E-state index in [2.05, 4.69) is 39.4 Å². The third-order valence-corrected chi connectivity index (χ3v) is 3.32. The number of benzene rings is 1. The molecular formula is C12H10BrNO. The Morgan fingerprint density at radius 3 is 3.00 bits per heavy atom. The molecule has 0 saturated heterocycles. The lowest BCUT2D eigenvalue weighted by atomic mass is 10.1. The van der Waals surface area contributed by atoms with Gasteiger partial charge in [0.2, 0.25) is 0 Å². The fourth-order valence-electron chi connectivity index (χ4n) is 1.93. The quantitative estimate of drug-likeness (QED) is 0.849. The lowest BCUT2D eigenvalue weighted by Gasteiger charge is -2.03. The van der Waals surface area contributed by atoms with Gasteiger partial charge in [-0.2, -0.15) is 0 Å². The summed E-state index contributed by atoms with van der Waals surface area (Å²) in [5.41, 5.74) is 3.73. The third kappa shape index (κ3) is 1.47. The summed E-state index contributed by atoms with van der Waals surface area (Å²) in [5.74, 6) is 0.895. The first kappa shape index (κ1) is 9.04.